The maximum Gasteiger partial charge on any atom is 0.326 e. The van der Waals surface area contributed by atoms with Crippen molar-refractivity contribution in [1.29, 1.82) is 0 Å². The smallest absolute Gasteiger partial charge is 0.326 e. The highest BCUT2D eigenvalue weighted by molar-refractivity contribution is 6.35. The zero-order valence-electron chi connectivity index (χ0n) is 11.2. The Labute approximate surface area is 132 Å². The summed E-state index contributed by atoms with van der Waals surface area (Å²) in [6.45, 7) is 0. The highest BCUT2D eigenvalue weighted by Gasteiger charge is 2.47. The number of aliphatic carboxylic acids is 1. The van der Waals surface area contributed by atoms with Crippen molar-refractivity contribution in [3.63, 3.8) is 0 Å². The van der Waals surface area contributed by atoms with Gasteiger partial charge in [0.05, 0.1) is 0 Å². The minimum absolute atomic E-state index is 0.0587. The molecule has 3 rings (SSSR count). The van der Waals surface area contributed by atoms with E-state index in [9.17, 15) is 9.59 Å². The lowest BCUT2D eigenvalue weighted by Crippen LogP contribution is -2.43. The van der Waals surface area contributed by atoms with Crippen LogP contribution in [0.15, 0.2) is 18.2 Å². The molecule has 3 atom stereocenters. The van der Waals surface area contributed by atoms with Crippen molar-refractivity contribution in [2.24, 2.45) is 11.8 Å². The van der Waals surface area contributed by atoms with E-state index in [0.717, 1.165) is 18.4 Å². The number of rotatable bonds is 5. The van der Waals surface area contributed by atoms with Crippen LogP contribution in [0.5, 0.6) is 0 Å². The minimum Gasteiger partial charge on any atom is -0.480 e. The van der Waals surface area contributed by atoms with Gasteiger partial charge in [-0.3, -0.25) is 4.79 Å². The zero-order chi connectivity index (χ0) is 15.1. The molecule has 3 unspecified atom stereocenters. The van der Waals surface area contributed by atoms with Gasteiger partial charge >= 0.3 is 5.97 Å². The topological polar surface area (TPSA) is 66.4 Å². The largest absolute Gasteiger partial charge is 0.480 e. The van der Waals surface area contributed by atoms with Crippen LogP contribution in [0.3, 0.4) is 0 Å². The fraction of sp³-hybridized carbons (Fsp3) is 0.467. The van der Waals surface area contributed by atoms with Crippen LogP contribution in [0.4, 0.5) is 0 Å². The van der Waals surface area contributed by atoms with Crippen molar-refractivity contribution in [2.75, 3.05) is 0 Å². The maximum atomic E-state index is 12.2. The first-order valence-corrected chi connectivity index (χ1v) is 7.71. The monoisotopic (exact) mass is 327 g/mol. The number of carbonyl (C=O) groups is 2. The summed E-state index contributed by atoms with van der Waals surface area (Å²) in [4.78, 5) is 23.3. The molecule has 0 saturated heterocycles. The molecule has 2 saturated carbocycles. The third-order valence-corrected chi connectivity index (χ3v) is 4.71. The molecule has 1 aromatic rings. The summed E-state index contributed by atoms with van der Waals surface area (Å²) in [6.07, 6.45) is 2.44. The van der Waals surface area contributed by atoms with Crippen molar-refractivity contribution in [3.8, 4) is 0 Å². The van der Waals surface area contributed by atoms with Crippen LogP contribution >= 0.6 is 23.2 Å². The van der Waals surface area contributed by atoms with Crippen molar-refractivity contribution < 1.29 is 14.7 Å². The molecule has 0 bridgehead atoms. The molecule has 0 spiro atoms. The van der Waals surface area contributed by atoms with Gasteiger partial charge in [0.1, 0.15) is 6.04 Å². The molecular weight excluding hydrogens is 313 g/mol. The van der Waals surface area contributed by atoms with Gasteiger partial charge in [0.15, 0.2) is 0 Å². The van der Waals surface area contributed by atoms with Crippen LogP contribution in [0.1, 0.15) is 30.7 Å². The Balaban J connectivity index is 1.64. The van der Waals surface area contributed by atoms with Gasteiger partial charge in [0, 0.05) is 16.0 Å². The first kappa shape index (κ1) is 14.7. The SMILES string of the molecule is O=C(NC(C(=O)O)C1CC1)C1CC1c1ccc(Cl)cc1Cl. The highest BCUT2D eigenvalue weighted by Crippen LogP contribution is 2.50. The lowest BCUT2D eigenvalue weighted by atomic mass is 10.1. The number of carbonyl (C=O) groups excluding carboxylic acids is 1. The van der Waals surface area contributed by atoms with Gasteiger partial charge < -0.3 is 10.4 Å². The molecule has 1 amide bonds. The fourth-order valence-corrected chi connectivity index (χ4v) is 3.25. The average Bonchev–Trinajstić information content (AvgIpc) is 3.27. The third-order valence-electron chi connectivity index (χ3n) is 4.15. The van der Waals surface area contributed by atoms with Crippen LogP contribution in [0.2, 0.25) is 10.0 Å². The number of nitrogens with one attached hydrogen (secondary N) is 1. The number of halogens is 2. The van der Waals surface area contributed by atoms with E-state index in [-0.39, 0.29) is 23.7 Å². The molecule has 0 aliphatic heterocycles. The summed E-state index contributed by atoms with van der Waals surface area (Å²) in [5.41, 5.74) is 0.902. The Hall–Kier alpha value is -1.26. The van der Waals surface area contributed by atoms with Crippen molar-refractivity contribution in [1.82, 2.24) is 5.32 Å². The van der Waals surface area contributed by atoms with Gasteiger partial charge in [0.25, 0.3) is 0 Å². The van der Waals surface area contributed by atoms with Crippen LogP contribution in [0, 0.1) is 11.8 Å². The summed E-state index contributed by atoms with van der Waals surface area (Å²) in [5.74, 6) is -1.19. The van der Waals surface area contributed by atoms with E-state index in [2.05, 4.69) is 5.32 Å². The molecule has 6 heteroatoms. The minimum atomic E-state index is -0.951. The van der Waals surface area contributed by atoms with Gasteiger partial charge in [-0.2, -0.15) is 0 Å². The third kappa shape index (κ3) is 3.16. The predicted molar refractivity (Wildman–Crippen MR) is 79.6 cm³/mol. The predicted octanol–water partition coefficient (Wildman–Crippen LogP) is 3.08. The van der Waals surface area contributed by atoms with E-state index in [1.165, 1.54) is 0 Å². The molecule has 0 aromatic heterocycles. The van der Waals surface area contributed by atoms with Crippen LogP contribution in [0.25, 0.3) is 0 Å². The maximum absolute atomic E-state index is 12.2. The van der Waals surface area contributed by atoms with Crippen LogP contribution in [-0.4, -0.2) is 23.0 Å². The van der Waals surface area contributed by atoms with Gasteiger partial charge in [-0.25, -0.2) is 4.79 Å². The van der Waals surface area contributed by atoms with Gasteiger partial charge in [-0.05, 0) is 48.8 Å². The van der Waals surface area contributed by atoms with E-state index >= 15 is 0 Å². The van der Waals surface area contributed by atoms with Gasteiger partial charge in [0.2, 0.25) is 5.91 Å². The summed E-state index contributed by atoms with van der Waals surface area (Å²) in [5, 5.41) is 12.9. The quantitative estimate of drug-likeness (QED) is 0.873. The highest BCUT2D eigenvalue weighted by atomic mass is 35.5. The molecule has 2 N–H and O–H groups in total. The zero-order valence-corrected chi connectivity index (χ0v) is 12.7. The summed E-state index contributed by atoms with van der Waals surface area (Å²) in [7, 11) is 0. The molecule has 2 aliphatic carbocycles. The molecule has 0 radical (unpaired) electrons. The Morgan fingerprint density at radius 1 is 1.29 bits per heavy atom. The number of carboxylic acid groups (broad SMARTS) is 1. The van der Waals surface area contributed by atoms with Crippen LogP contribution < -0.4 is 5.32 Å². The standard InChI is InChI=1S/C15H15Cl2NO3/c16-8-3-4-9(12(17)5-8)10-6-11(10)14(19)18-13(15(20)21)7-1-2-7/h3-5,7,10-11,13H,1-2,6H2,(H,18,19)(H,20,21). The first-order chi connectivity index (χ1) is 9.97. The summed E-state index contributed by atoms with van der Waals surface area (Å²) in [6, 6.07) is 4.49. The number of hydrogen-bond donors (Lipinski definition) is 2. The second kappa shape index (κ2) is 5.50. The molecule has 1 aromatic carbocycles. The average molecular weight is 328 g/mol. The van der Waals surface area contributed by atoms with Crippen molar-refractivity contribution >= 4 is 35.1 Å². The van der Waals surface area contributed by atoms with E-state index in [0.29, 0.717) is 16.5 Å². The first-order valence-electron chi connectivity index (χ1n) is 6.95. The lowest BCUT2D eigenvalue weighted by molar-refractivity contribution is -0.142. The Kier molecular flexibility index (Phi) is 3.84. The van der Waals surface area contributed by atoms with Crippen molar-refractivity contribution in [3.05, 3.63) is 33.8 Å². The number of hydrogen-bond acceptors (Lipinski definition) is 2. The van der Waals surface area contributed by atoms with E-state index in [4.69, 9.17) is 28.3 Å². The normalized spacial score (nSPS) is 25.2. The molecule has 4 nitrogen and oxygen atoms in total. The molecule has 21 heavy (non-hydrogen) atoms. The molecule has 2 aliphatic rings. The van der Waals surface area contributed by atoms with E-state index in [1.807, 2.05) is 6.07 Å². The molecular formula is C15H15Cl2NO3. The Morgan fingerprint density at radius 2 is 2.00 bits per heavy atom. The Bertz CT molecular complexity index is 601. The summed E-state index contributed by atoms with van der Waals surface area (Å²) < 4.78 is 0. The van der Waals surface area contributed by atoms with Crippen LogP contribution in [-0.2, 0) is 9.59 Å². The second-order valence-electron chi connectivity index (χ2n) is 5.78. The number of carboxylic acids is 1. The van der Waals surface area contributed by atoms with E-state index in [1.54, 1.807) is 12.1 Å². The Morgan fingerprint density at radius 3 is 2.57 bits per heavy atom. The van der Waals surface area contributed by atoms with Crippen molar-refractivity contribution in [2.45, 2.75) is 31.2 Å². The molecule has 112 valence electrons. The fourth-order valence-electron chi connectivity index (χ4n) is 2.70. The van der Waals surface area contributed by atoms with Gasteiger partial charge in [-0.1, -0.05) is 29.3 Å². The molecule has 2 fully saturated rings. The summed E-state index contributed by atoms with van der Waals surface area (Å²) >= 11 is 12.0. The van der Waals surface area contributed by atoms with E-state index < -0.39 is 12.0 Å². The number of benzene rings is 1. The number of amides is 1. The lowest BCUT2D eigenvalue weighted by Gasteiger charge is -2.13. The molecule has 0 heterocycles. The second-order valence-corrected chi connectivity index (χ2v) is 6.62. The van der Waals surface area contributed by atoms with Gasteiger partial charge in [-0.15, -0.1) is 0 Å².